The van der Waals surface area contributed by atoms with E-state index in [0.29, 0.717) is 13.1 Å². The van der Waals surface area contributed by atoms with Gasteiger partial charge in [0, 0.05) is 30.9 Å². The number of likely N-dealkylation sites (tertiary alicyclic amines) is 1. The van der Waals surface area contributed by atoms with Crippen molar-refractivity contribution in [1.29, 1.82) is 0 Å². The molecule has 7 heteroatoms. The zero-order valence-electron chi connectivity index (χ0n) is 13.5. The summed E-state index contributed by atoms with van der Waals surface area (Å²) >= 11 is 0. The summed E-state index contributed by atoms with van der Waals surface area (Å²) in [5, 5.41) is 2.85. The predicted molar refractivity (Wildman–Crippen MR) is 80.8 cm³/mol. The van der Waals surface area contributed by atoms with E-state index in [0.717, 1.165) is 25.0 Å². The summed E-state index contributed by atoms with van der Waals surface area (Å²) in [6, 6.07) is 1.65. The molecule has 0 aromatic heterocycles. The highest BCUT2D eigenvalue weighted by Gasteiger charge is 2.32. The molecule has 1 aliphatic rings. The molecule has 4 nitrogen and oxygen atoms in total. The Morgan fingerprint density at radius 3 is 2.48 bits per heavy atom. The number of halogens is 3. The second kappa shape index (κ2) is 6.68. The highest BCUT2D eigenvalue weighted by molar-refractivity contribution is 5.69. The van der Waals surface area contributed by atoms with E-state index in [1.165, 1.54) is 0 Å². The lowest BCUT2D eigenvalue weighted by atomic mass is 10.2. The Morgan fingerprint density at radius 2 is 1.91 bits per heavy atom. The van der Waals surface area contributed by atoms with Gasteiger partial charge in [0.15, 0.2) is 17.5 Å². The summed E-state index contributed by atoms with van der Waals surface area (Å²) in [7, 11) is 0. The SMILES string of the molecule is CC(C)(C)OC(=O)N1CCCC1CNc1cc(F)c(F)c(F)c1. The summed E-state index contributed by atoms with van der Waals surface area (Å²) in [6.45, 7) is 6.26. The monoisotopic (exact) mass is 330 g/mol. The Labute approximate surface area is 133 Å². The number of carbonyl (C=O) groups excluding carboxylic acids is 1. The van der Waals surface area contributed by atoms with Crippen molar-refractivity contribution in [2.24, 2.45) is 0 Å². The fourth-order valence-corrected chi connectivity index (χ4v) is 2.50. The third-order valence-electron chi connectivity index (χ3n) is 3.53. The molecular formula is C16H21F3N2O2. The van der Waals surface area contributed by atoms with Crippen LogP contribution in [0.1, 0.15) is 33.6 Å². The molecule has 0 spiro atoms. The van der Waals surface area contributed by atoms with Gasteiger partial charge in [-0.05, 0) is 33.6 Å². The van der Waals surface area contributed by atoms with Crippen LogP contribution in [0.25, 0.3) is 0 Å². The molecule has 1 fully saturated rings. The number of ether oxygens (including phenoxy) is 1. The largest absolute Gasteiger partial charge is 0.444 e. The van der Waals surface area contributed by atoms with Gasteiger partial charge in [0.05, 0.1) is 6.04 Å². The molecule has 128 valence electrons. The summed E-state index contributed by atoms with van der Waals surface area (Å²) < 4.78 is 44.7. The van der Waals surface area contributed by atoms with Crippen molar-refractivity contribution in [1.82, 2.24) is 4.90 Å². The molecule has 1 saturated heterocycles. The van der Waals surface area contributed by atoms with Crippen molar-refractivity contribution in [3.63, 3.8) is 0 Å². The van der Waals surface area contributed by atoms with Crippen LogP contribution in [0.2, 0.25) is 0 Å². The Morgan fingerprint density at radius 1 is 1.30 bits per heavy atom. The molecular weight excluding hydrogens is 309 g/mol. The molecule has 2 rings (SSSR count). The maximum absolute atomic E-state index is 13.2. The standard InChI is InChI=1S/C16H21F3N2O2/c1-16(2,3)23-15(22)21-6-4-5-11(21)9-20-10-7-12(17)14(19)13(18)8-10/h7-8,11,20H,4-6,9H2,1-3H3. The molecule has 0 radical (unpaired) electrons. The quantitative estimate of drug-likeness (QED) is 0.854. The van der Waals surface area contributed by atoms with Gasteiger partial charge in [-0.2, -0.15) is 0 Å². The normalized spacial score (nSPS) is 18.2. The zero-order valence-corrected chi connectivity index (χ0v) is 13.5. The number of anilines is 1. The average molecular weight is 330 g/mol. The molecule has 1 heterocycles. The summed E-state index contributed by atoms with van der Waals surface area (Å²) in [6.07, 6.45) is 1.19. The van der Waals surface area contributed by atoms with Crippen LogP contribution in [0.4, 0.5) is 23.7 Å². The van der Waals surface area contributed by atoms with Crippen LogP contribution >= 0.6 is 0 Å². The number of benzene rings is 1. The second-order valence-electron chi connectivity index (χ2n) is 6.60. The van der Waals surface area contributed by atoms with Gasteiger partial charge in [-0.3, -0.25) is 0 Å². The molecule has 0 aliphatic carbocycles. The van der Waals surface area contributed by atoms with E-state index in [2.05, 4.69) is 5.32 Å². The van der Waals surface area contributed by atoms with Crippen molar-refractivity contribution in [2.75, 3.05) is 18.4 Å². The van der Waals surface area contributed by atoms with Gasteiger partial charge in [-0.25, -0.2) is 18.0 Å². The van der Waals surface area contributed by atoms with Crippen LogP contribution in [-0.2, 0) is 4.74 Å². The lowest BCUT2D eigenvalue weighted by molar-refractivity contribution is 0.0235. The molecule has 1 aromatic rings. The number of hydrogen-bond donors (Lipinski definition) is 1. The first-order valence-electron chi connectivity index (χ1n) is 7.55. The molecule has 1 aliphatic heterocycles. The van der Waals surface area contributed by atoms with E-state index in [4.69, 9.17) is 4.74 Å². The van der Waals surface area contributed by atoms with Crippen molar-refractivity contribution < 1.29 is 22.7 Å². The van der Waals surface area contributed by atoms with E-state index in [-0.39, 0.29) is 11.7 Å². The van der Waals surface area contributed by atoms with E-state index in [9.17, 15) is 18.0 Å². The van der Waals surface area contributed by atoms with Gasteiger partial charge in [-0.1, -0.05) is 0 Å². The fourth-order valence-electron chi connectivity index (χ4n) is 2.50. The molecule has 1 atom stereocenters. The van der Waals surface area contributed by atoms with Crippen LogP contribution in [0.5, 0.6) is 0 Å². The third kappa shape index (κ3) is 4.53. The Kier molecular flexibility index (Phi) is 5.06. The van der Waals surface area contributed by atoms with Gasteiger partial charge >= 0.3 is 6.09 Å². The van der Waals surface area contributed by atoms with Crippen LogP contribution in [0.15, 0.2) is 12.1 Å². The summed E-state index contributed by atoms with van der Waals surface area (Å²) in [5.41, 5.74) is -0.446. The zero-order chi connectivity index (χ0) is 17.2. The molecule has 1 unspecified atom stereocenters. The maximum Gasteiger partial charge on any atom is 0.410 e. The van der Waals surface area contributed by atoms with Crippen molar-refractivity contribution in [3.8, 4) is 0 Å². The van der Waals surface area contributed by atoms with Crippen LogP contribution in [-0.4, -0.2) is 35.7 Å². The van der Waals surface area contributed by atoms with E-state index < -0.39 is 29.1 Å². The number of nitrogens with zero attached hydrogens (tertiary/aromatic N) is 1. The van der Waals surface area contributed by atoms with E-state index >= 15 is 0 Å². The second-order valence-corrected chi connectivity index (χ2v) is 6.60. The first-order valence-corrected chi connectivity index (χ1v) is 7.55. The summed E-state index contributed by atoms with van der Waals surface area (Å²) in [5.74, 6) is -3.99. The maximum atomic E-state index is 13.2. The smallest absolute Gasteiger partial charge is 0.410 e. The van der Waals surface area contributed by atoms with Crippen LogP contribution in [0.3, 0.4) is 0 Å². The van der Waals surface area contributed by atoms with Crippen molar-refractivity contribution >= 4 is 11.8 Å². The number of carbonyl (C=O) groups is 1. The molecule has 0 saturated carbocycles. The number of nitrogens with one attached hydrogen (secondary N) is 1. The first-order chi connectivity index (χ1) is 10.7. The number of rotatable bonds is 3. The van der Waals surface area contributed by atoms with Crippen LogP contribution in [0, 0.1) is 17.5 Å². The van der Waals surface area contributed by atoms with Gasteiger partial charge in [0.25, 0.3) is 0 Å². The number of amides is 1. The lowest BCUT2D eigenvalue weighted by Crippen LogP contribution is -2.42. The van der Waals surface area contributed by atoms with Gasteiger partial charge < -0.3 is 15.0 Å². The van der Waals surface area contributed by atoms with Crippen LogP contribution < -0.4 is 5.32 Å². The van der Waals surface area contributed by atoms with Gasteiger partial charge in [0.2, 0.25) is 0 Å². The van der Waals surface area contributed by atoms with Crippen molar-refractivity contribution in [3.05, 3.63) is 29.6 Å². The highest BCUT2D eigenvalue weighted by atomic mass is 19.2. The Balaban J connectivity index is 1.98. The lowest BCUT2D eigenvalue weighted by Gasteiger charge is -2.29. The molecule has 1 aromatic carbocycles. The first kappa shape index (κ1) is 17.4. The van der Waals surface area contributed by atoms with E-state index in [1.54, 1.807) is 25.7 Å². The summed E-state index contributed by atoms with van der Waals surface area (Å²) in [4.78, 5) is 13.7. The Bertz CT molecular complexity index is 564. The number of hydrogen-bond acceptors (Lipinski definition) is 3. The predicted octanol–water partition coefficient (Wildman–Crippen LogP) is 3.92. The molecule has 0 bridgehead atoms. The van der Waals surface area contributed by atoms with Gasteiger partial charge in [-0.15, -0.1) is 0 Å². The molecule has 1 N–H and O–H groups in total. The Hall–Kier alpha value is -1.92. The minimum atomic E-state index is -1.49. The molecule has 23 heavy (non-hydrogen) atoms. The average Bonchev–Trinajstić information content (AvgIpc) is 2.89. The topological polar surface area (TPSA) is 41.6 Å². The highest BCUT2D eigenvalue weighted by Crippen LogP contribution is 2.22. The minimum absolute atomic E-state index is 0.137. The molecule has 1 amide bonds. The van der Waals surface area contributed by atoms with Crippen molar-refractivity contribution in [2.45, 2.75) is 45.3 Å². The fraction of sp³-hybridized carbons (Fsp3) is 0.562. The van der Waals surface area contributed by atoms with Gasteiger partial charge in [0.1, 0.15) is 5.60 Å². The van der Waals surface area contributed by atoms with E-state index in [1.807, 2.05) is 0 Å². The minimum Gasteiger partial charge on any atom is -0.444 e. The third-order valence-corrected chi connectivity index (χ3v) is 3.53.